The van der Waals surface area contributed by atoms with Crippen molar-refractivity contribution in [3.05, 3.63) is 94.0 Å². The Morgan fingerprint density at radius 1 is 1.06 bits per heavy atom. The van der Waals surface area contributed by atoms with Crippen LogP contribution in [0.25, 0.3) is 22.2 Å². The van der Waals surface area contributed by atoms with Gasteiger partial charge in [0.2, 0.25) is 0 Å². The van der Waals surface area contributed by atoms with E-state index in [2.05, 4.69) is 5.32 Å². The number of ether oxygens (including phenoxy) is 1. The van der Waals surface area contributed by atoms with Crippen LogP contribution in [0.1, 0.15) is 22.8 Å². The van der Waals surface area contributed by atoms with Gasteiger partial charge in [-0.15, -0.1) is 0 Å². The van der Waals surface area contributed by atoms with Crippen molar-refractivity contribution in [2.24, 2.45) is 0 Å². The van der Waals surface area contributed by atoms with Crippen molar-refractivity contribution in [3.8, 4) is 17.0 Å². The molecule has 0 spiro atoms. The van der Waals surface area contributed by atoms with E-state index >= 15 is 0 Å². The molecule has 160 valence electrons. The highest BCUT2D eigenvalue weighted by atomic mass is 16.6. The summed E-state index contributed by atoms with van der Waals surface area (Å²) in [6.45, 7) is 4.07. The minimum Gasteiger partial charge on any atom is -0.493 e. The first-order chi connectivity index (χ1) is 15.5. The van der Waals surface area contributed by atoms with Gasteiger partial charge in [0.15, 0.2) is 0 Å². The number of carbonyl (C=O) groups excluding carboxylic acids is 1. The third-order valence-corrected chi connectivity index (χ3v) is 5.09. The number of anilines is 1. The van der Waals surface area contributed by atoms with Crippen LogP contribution in [0.2, 0.25) is 0 Å². The number of nitro groups is 1. The Bertz CT molecular complexity index is 1330. The van der Waals surface area contributed by atoms with Gasteiger partial charge in [0.25, 0.3) is 11.6 Å². The molecule has 3 aromatic carbocycles. The van der Waals surface area contributed by atoms with Crippen LogP contribution in [-0.2, 0) is 0 Å². The summed E-state index contributed by atoms with van der Waals surface area (Å²) in [4.78, 5) is 28.8. The second-order valence-corrected chi connectivity index (χ2v) is 7.21. The predicted octanol–water partition coefficient (Wildman–Crippen LogP) is 5.77. The van der Waals surface area contributed by atoms with Crippen molar-refractivity contribution >= 4 is 28.2 Å². The highest BCUT2D eigenvalue weighted by Gasteiger charge is 2.18. The summed E-state index contributed by atoms with van der Waals surface area (Å²) in [7, 11) is 0. The Labute approximate surface area is 184 Å². The molecule has 7 heteroatoms. The number of nitrogens with one attached hydrogen (secondary N) is 1. The van der Waals surface area contributed by atoms with E-state index in [0.29, 0.717) is 45.8 Å². The molecule has 0 radical (unpaired) electrons. The number of hydrogen-bond donors (Lipinski definition) is 1. The fraction of sp³-hybridized carbons (Fsp3) is 0.120. The van der Waals surface area contributed by atoms with Crippen molar-refractivity contribution in [1.29, 1.82) is 0 Å². The molecule has 0 saturated carbocycles. The van der Waals surface area contributed by atoms with Crippen molar-refractivity contribution in [2.75, 3.05) is 11.9 Å². The van der Waals surface area contributed by atoms with E-state index in [1.54, 1.807) is 25.1 Å². The van der Waals surface area contributed by atoms with Crippen LogP contribution in [0.15, 0.2) is 72.8 Å². The van der Waals surface area contributed by atoms with E-state index in [0.717, 1.165) is 5.56 Å². The molecule has 1 amide bonds. The second kappa shape index (κ2) is 8.85. The highest BCUT2D eigenvalue weighted by Crippen LogP contribution is 2.32. The predicted molar refractivity (Wildman–Crippen MR) is 124 cm³/mol. The molecule has 0 bridgehead atoms. The fourth-order valence-electron chi connectivity index (χ4n) is 3.54. The summed E-state index contributed by atoms with van der Waals surface area (Å²) < 4.78 is 5.74. The maximum atomic E-state index is 13.2. The normalized spacial score (nSPS) is 10.7. The van der Waals surface area contributed by atoms with Gasteiger partial charge in [-0.25, -0.2) is 4.98 Å². The van der Waals surface area contributed by atoms with Gasteiger partial charge in [0.1, 0.15) is 5.75 Å². The third kappa shape index (κ3) is 4.13. The monoisotopic (exact) mass is 427 g/mol. The maximum absolute atomic E-state index is 13.2. The van der Waals surface area contributed by atoms with E-state index in [1.165, 1.54) is 6.07 Å². The van der Waals surface area contributed by atoms with Gasteiger partial charge in [0, 0.05) is 28.3 Å². The molecule has 32 heavy (non-hydrogen) atoms. The number of aromatic nitrogens is 1. The van der Waals surface area contributed by atoms with Crippen LogP contribution in [0, 0.1) is 17.0 Å². The zero-order chi connectivity index (χ0) is 22.7. The molecule has 0 unspecified atom stereocenters. The molecule has 0 aliphatic carbocycles. The lowest BCUT2D eigenvalue weighted by atomic mass is 10.0. The number of hydrogen-bond acceptors (Lipinski definition) is 5. The van der Waals surface area contributed by atoms with Gasteiger partial charge >= 0.3 is 0 Å². The minimum atomic E-state index is -0.463. The zero-order valence-corrected chi connectivity index (χ0v) is 17.7. The molecule has 1 N–H and O–H groups in total. The van der Waals surface area contributed by atoms with E-state index in [9.17, 15) is 14.9 Å². The number of amides is 1. The summed E-state index contributed by atoms with van der Waals surface area (Å²) in [5, 5.41) is 14.7. The van der Waals surface area contributed by atoms with E-state index in [-0.39, 0.29) is 11.6 Å². The third-order valence-electron chi connectivity index (χ3n) is 5.09. The average molecular weight is 427 g/mol. The topological polar surface area (TPSA) is 94.4 Å². The number of carbonyl (C=O) groups is 1. The van der Waals surface area contributed by atoms with Crippen LogP contribution >= 0.6 is 0 Å². The van der Waals surface area contributed by atoms with Crippen LogP contribution in [0.5, 0.6) is 5.75 Å². The van der Waals surface area contributed by atoms with Gasteiger partial charge in [-0.05, 0) is 44.2 Å². The number of pyridine rings is 1. The molecule has 0 atom stereocenters. The van der Waals surface area contributed by atoms with Gasteiger partial charge in [-0.2, -0.15) is 0 Å². The summed E-state index contributed by atoms with van der Waals surface area (Å²) in [5.41, 5.74) is 3.29. The molecule has 0 aliphatic heterocycles. The lowest BCUT2D eigenvalue weighted by Crippen LogP contribution is -2.13. The van der Waals surface area contributed by atoms with Gasteiger partial charge < -0.3 is 10.1 Å². The molecular formula is C25H21N3O4. The Hall–Kier alpha value is -4.26. The molecule has 0 fully saturated rings. The van der Waals surface area contributed by atoms with Crippen LogP contribution in [0.4, 0.5) is 11.4 Å². The quantitative estimate of drug-likeness (QED) is 0.311. The summed E-state index contributed by atoms with van der Waals surface area (Å²) in [6.07, 6.45) is 0. The summed E-state index contributed by atoms with van der Waals surface area (Å²) in [5.74, 6) is 0.301. The molecule has 7 nitrogen and oxygen atoms in total. The number of para-hydroxylation sites is 2. The summed E-state index contributed by atoms with van der Waals surface area (Å²) >= 11 is 0. The first-order valence-electron chi connectivity index (χ1n) is 10.2. The largest absolute Gasteiger partial charge is 0.493 e. The van der Waals surface area contributed by atoms with Crippen molar-refractivity contribution < 1.29 is 14.5 Å². The average Bonchev–Trinajstić information content (AvgIpc) is 2.80. The Morgan fingerprint density at radius 2 is 1.81 bits per heavy atom. The van der Waals surface area contributed by atoms with Crippen LogP contribution < -0.4 is 10.1 Å². The van der Waals surface area contributed by atoms with Crippen molar-refractivity contribution in [2.45, 2.75) is 13.8 Å². The number of aryl methyl sites for hydroxylation is 1. The molecule has 4 aromatic rings. The Balaban J connectivity index is 1.80. The maximum Gasteiger partial charge on any atom is 0.274 e. The van der Waals surface area contributed by atoms with Crippen molar-refractivity contribution in [1.82, 2.24) is 4.98 Å². The molecule has 1 aromatic heterocycles. The van der Waals surface area contributed by atoms with Gasteiger partial charge in [0.05, 0.1) is 28.3 Å². The minimum absolute atomic E-state index is 0.0475. The van der Waals surface area contributed by atoms with Crippen LogP contribution in [-0.4, -0.2) is 22.4 Å². The smallest absolute Gasteiger partial charge is 0.274 e. The van der Waals surface area contributed by atoms with Gasteiger partial charge in [-0.3, -0.25) is 14.9 Å². The number of nitro benzene ring substituents is 1. The van der Waals surface area contributed by atoms with Gasteiger partial charge in [-0.1, -0.05) is 36.4 Å². The second-order valence-electron chi connectivity index (χ2n) is 7.21. The molecular weight excluding hydrogens is 406 g/mol. The molecule has 4 rings (SSSR count). The fourth-order valence-corrected chi connectivity index (χ4v) is 3.54. The lowest BCUT2D eigenvalue weighted by molar-refractivity contribution is -0.385. The highest BCUT2D eigenvalue weighted by molar-refractivity contribution is 6.13. The lowest BCUT2D eigenvalue weighted by Gasteiger charge is -2.13. The van der Waals surface area contributed by atoms with E-state index < -0.39 is 4.92 Å². The molecule has 0 aliphatic rings. The number of nitrogens with zero attached hydrogens (tertiary/aromatic N) is 2. The summed E-state index contributed by atoms with van der Waals surface area (Å²) in [6, 6.07) is 21.2. The first kappa shape index (κ1) is 21.0. The van der Waals surface area contributed by atoms with E-state index in [1.807, 2.05) is 55.5 Å². The number of rotatable bonds is 6. The Kier molecular flexibility index (Phi) is 5.81. The SMILES string of the molecule is CCOc1ccccc1-c1cc(C(=O)Nc2ccc(C)c([N+](=O)[O-])c2)c2ccccc2n1. The standard InChI is InChI=1S/C25H21N3O4/c1-3-32-24-11-7-5-9-19(24)22-15-20(18-8-4-6-10-21(18)27-22)25(29)26-17-13-12-16(2)23(14-17)28(30)31/h4-15H,3H2,1-2H3,(H,26,29). The first-order valence-corrected chi connectivity index (χ1v) is 10.2. The molecule has 1 heterocycles. The number of fused-ring (bicyclic) bond motifs is 1. The zero-order valence-electron chi connectivity index (χ0n) is 17.7. The Morgan fingerprint density at radius 3 is 2.59 bits per heavy atom. The van der Waals surface area contributed by atoms with E-state index in [4.69, 9.17) is 9.72 Å². The van der Waals surface area contributed by atoms with Crippen LogP contribution in [0.3, 0.4) is 0 Å². The molecule has 0 saturated heterocycles. The van der Waals surface area contributed by atoms with Crippen molar-refractivity contribution in [3.63, 3.8) is 0 Å². The number of benzene rings is 3.